The molecule has 2 aromatic heterocycles. The number of aryl methyl sites for hydroxylation is 1. The molecule has 158 valence electrons. The van der Waals surface area contributed by atoms with Crippen molar-refractivity contribution in [3.05, 3.63) is 47.8 Å². The maximum absolute atomic E-state index is 14.1. The van der Waals surface area contributed by atoms with Gasteiger partial charge in [0.1, 0.15) is 54.2 Å². The van der Waals surface area contributed by atoms with Gasteiger partial charge < -0.3 is 29.6 Å². The normalized spacial score (nSPS) is 26.3. The van der Waals surface area contributed by atoms with Crippen LogP contribution in [0.2, 0.25) is 0 Å². The molecule has 30 heavy (non-hydrogen) atoms. The van der Waals surface area contributed by atoms with Gasteiger partial charge in [-0.05, 0) is 13.0 Å². The number of benzene rings is 1. The third kappa shape index (κ3) is 3.19. The zero-order chi connectivity index (χ0) is 20.8. The number of fused-ring (bicyclic) bond motifs is 2. The van der Waals surface area contributed by atoms with Crippen LogP contribution in [-0.4, -0.2) is 56.2 Å². The average Bonchev–Trinajstić information content (AvgIpc) is 3.16. The minimum absolute atomic E-state index is 0.312. The largest absolute Gasteiger partial charge is 0.492 e. The summed E-state index contributed by atoms with van der Waals surface area (Å²) in [6.07, 6.45) is 0.765. The number of hydrogen-bond acceptors (Lipinski definition) is 7. The molecule has 1 fully saturated rings. The van der Waals surface area contributed by atoms with Crippen LogP contribution in [0.5, 0.6) is 11.5 Å². The molecule has 4 atom stereocenters. The summed E-state index contributed by atoms with van der Waals surface area (Å²) in [7, 11) is 0. The molecule has 0 unspecified atom stereocenters. The standard InChI is InChI=1S/C21H23FN4O4/c1-11-13-2-4-26(21(13)25-10-24-11)15-8-18(20(28)19(15)27)30-17-7-12(22)6-16-14(17)9-23-3-5-29-16/h2,4,6-7,10,15,18-20,23,27-28H,3,5,8-9H2,1H3/t15-,18+,19+,20-/m1/s1. The molecule has 0 spiro atoms. The van der Waals surface area contributed by atoms with Crippen LogP contribution in [0.25, 0.3) is 11.0 Å². The molecular weight excluding hydrogens is 391 g/mol. The van der Waals surface area contributed by atoms with Crippen molar-refractivity contribution < 1.29 is 24.1 Å². The van der Waals surface area contributed by atoms with Crippen molar-refractivity contribution in [2.45, 2.75) is 44.2 Å². The van der Waals surface area contributed by atoms with E-state index in [1.165, 1.54) is 18.5 Å². The molecule has 3 N–H and O–H groups in total. The summed E-state index contributed by atoms with van der Waals surface area (Å²) in [5.41, 5.74) is 2.24. The van der Waals surface area contributed by atoms with Crippen molar-refractivity contribution in [3.8, 4) is 11.5 Å². The molecule has 0 saturated heterocycles. The third-order valence-electron chi connectivity index (χ3n) is 5.91. The number of ether oxygens (including phenoxy) is 2. The highest BCUT2D eigenvalue weighted by molar-refractivity contribution is 5.78. The van der Waals surface area contributed by atoms with E-state index in [0.29, 0.717) is 48.8 Å². The highest BCUT2D eigenvalue weighted by Gasteiger charge is 2.44. The Morgan fingerprint density at radius 1 is 1.27 bits per heavy atom. The van der Waals surface area contributed by atoms with Crippen LogP contribution in [0.15, 0.2) is 30.7 Å². The van der Waals surface area contributed by atoms with E-state index in [9.17, 15) is 14.6 Å². The second-order valence-electron chi connectivity index (χ2n) is 7.77. The van der Waals surface area contributed by atoms with Crippen molar-refractivity contribution in [3.63, 3.8) is 0 Å². The fourth-order valence-electron chi connectivity index (χ4n) is 4.33. The molecule has 0 radical (unpaired) electrons. The van der Waals surface area contributed by atoms with Crippen molar-refractivity contribution in [1.82, 2.24) is 19.9 Å². The van der Waals surface area contributed by atoms with Crippen LogP contribution in [0, 0.1) is 12.7 Å². The van der Waals surface area contributed by atoms with E-state index in [1.807, 2.05) is 23.8 Å². The second kappa shape index (κ2) is 7.50. The lowest BCUT2D eigenvalue weighted by molar-refractivity contribution is -0.0167. The third-order valence-corrected chi connectivity index (χ3v) is 5.91. The van der Waals surface area contributed by atoms with Gasteiger partial charge in [0.25, 0.3) is 0 Å². The molecule has 8 nitrogen and oxygen atoms in total. The quantitative estimate of drug-likeness (QED) is 0.597. The summed E-state index contributed by atoms with van der Waals surface area (Å²) in [6.45, 7) is 3.44. The second-order valence-corrected chi connectivity index (χ2v) is 7.77. The monoisotopic (exact) mass is 414 g/mol. The summed E-state index contributed by atoms with van der Waals surface area (Å²) in [4.78, 5) is 8.53. The van der Waals surface area contributed by atoms with Crippen LogP contribution < -0.4 is 14.8 Å². The molecule has 1 aliphatic carbocycles. The van der Waals surface area contributed by atoms with Crippen molar-refractivity contribution in [2.24, 2.45) is 0 Å². The summed E-state index contributed by atoms with van der Waals surface area (Å²) < 4.78 is 27.6. The van der Waals surface area contributed by atoms with Crippen molar-refractivity contribution >= 4 is 11.0 Å². The highest BCUT2D eigenvalue weighted by atomic mass is 19.1. The lowest BCUT2D eigenvalue weighted by Crippen LogP contribution is -2.34. The van der Waals surface area contributed by atoms with Gasteiger partial charge in [0.05, 0.1) is 17.3 Å². The Morgan fingerprint density at radius 3 is 3.00 bits per heavy atom. The number of nitrogens with one attached hydrogen (secondary N) is 1. The number of halogens is 1. The molecular formula is C21H23FN4O4. The molecule has 3 heterocycles. The number of aromatic nitrogens is 3. The van der Waals surface area contributed by atoms with Crippen LogP contribution in [0.1, 0.15) is 23.7 Å². The zero-order valence-electron chi connectivity index (χ0n) is 16.5. The van der Waals surface area contributed by atoms with Crippen molar-refractivity contribution in [2.75, 3.05) is 13.2 Å². The predicted molar refractivity (Wildman–Crippen MR) is 106 cm³/mol. The Labute approximate surface area is 172 Å². The molecule has 2 aliphatic rings. The topological polar surface area (TPSA) is 102 Å². The molecule has 1 saturated carbocycles. The minimum atomic E-state index is -1.13. The number of aliphatic hydroxyl groups is 2. The van der Waals surface area contributed by atoms with Gasteiger partial charge in [-0.3, -0.25) is 0 Å². The van der Waals surface area contributed by atoms with Gasteiger partial charge in [-0.25, -0.2) is 14.4 Å². The first kappa shape index (κ1) is 19.2. The SMILES string of the molecule is Cc1ncnc2c1ccn2[C@@H]1C[C@H](Oc2cc(F)cc3c2CNCCO3)[C@@H](O)[C@H]1O. The zero-order valence-corrected chi connectivity index (χ0v) is 16.5. The van der Waals surface area contributed by atoms with Gasteiger partial charge in [0.2, 0.25) is 0 Å². The van der Waals surface area contributed by atoms with Gasteiger partial charge >= 0.3 is 0 Å². The van der Waals surface area contributed by atoms with Crippen LogP contribution in [0.3, 0.4) is 0 Å². The maximum Gasteiger partial charge on any atom is 0.143 e. The molecule has 9 heteroatoms. The van der Waals surface area contributed by atoms with Crippen LogP contribution in [-0.2, 0) is 6.54 Å². The first-order chi connectivity index (χ1) is 14.5. The van der Waals surface area contributed by atoms with Gasteiger partial charge in [0.15, 0.2) is 0 Å². The van der Waals surface area contributed by atoms with E-state index in [1.54, 1.807) is 0 Å². The lowest BCUT2D eigenvalue weighted by atomic mass is 10.1. The molecule has 5 rings (SSSR count). The maximum atomic E-state index is 14.1. The first-order valence-electron chi connectivity index (χ1n) is 10.00. The first-order valence-corrected chi connectivity index (χ1v) is 10.00. The summed E-state index contributed by atoms with van der Waals surface area (Å²) in [5, 5.41) is 25.5. The molecule has 1 aromatic carbocycles. The van der Waals surface area contributed by atoms with Crippen LogP contribution in [0.4, 0.5) is 4.39 Å². The number of hydrogen-bond donors (Lipinski definition) is 3. The molecule has 0 amide bonds. The minimum Gasteiger partial charge on any atom is -0.492 e. The van der Waals surface area contributed by atoms with E-state index in [2.05, 4.69) is 15.3 Å². The van der Waals surface area contributed by atoms with Gasteiger partial charge in [0, 0.05) is 43.2 Å². The molecule has 0 bridgehead atoms. The Kier molecular flexibility index (Phi) is 4.80. The van der Waals surface area contributed by atoms with Crippen LogP contribution >= 0.6 is 0 Å². The van der Waals surface area contributed by atoms with E-state index in [4.69, 9.17) is 9.47 Å². The lowest BCUT2D eigenvalue weighted by Gasteiger charge is -2.21. The summed E-state index contributed by atoms with van der Waals surface area (Å²) >= 11 is 0. The number of nitrogens with zero attached hydrogens (tertiary/aromatic N) is 3. The summed E-state index contributed by atoms with van der Waals surface area (Å²) in [6, 6.07) is 4.10. The van der Waals surface area contributed by atoms with Crippen molar-refractivity contribution in [1.29, 1.82) is 0 Å². The fraction of sp³-hybridized carbons (Fsp3) is 0.429. The fourth-order valence-corrected chi connectivity index (χ4v) is 4.33. The summed E-state index contributed by atoms with van der Waals surface area (Å²) in [5.74, 6) is 0.272. The molecule has 3 aromatic rings. The van der Waals surface area contributed by atoms with Gasteiger partial charge in [-0.15, -0.1) is 0 Å². The van der Waals surface area contributed by atoms with E-state index >= 15 is 0 Å². The Bertz CT molecular complexity index is 1090. The van der Waals surface area contributed by atoms with E-state index in [0.717, 1.165) is 11.1 Å². The Morgan fingerprint density at radius 2 is 2.13 bits per heavy atom. The predicted octanol–water partition coefficient (Wildman–Crippen LogP) is 1.48. The molecule has 1 aliphatic heterocycles. The Balaban J connectivity index is 1.45. The van der Waals surface area contributed by atoms with E-state index in [-0.39, 0.29) is 0 Å². The Hall–Kier alpha value is -2.75. The van der Waals surface area contributed by atoms with Gasteiger partial charge in [-0.2, -0.15) is 0 Å². The average molecular weight is 414 g/mol. The highest BCUT2D eigenvalue weighted by Crippen LogP contribution is 2.38. The smallest absolute Gasteiger partial charge is 0.143 e. The number of rotatable bonds is 3. The van der Waals surface area contributed by atoms with Gasteiger partial charge in [-0.1, -0.05) is 0 Å². The number of aliphatic hydroxyl groups excluding tert-OH is 2. The van der Waals surface area contributed by atoms with E-state index < -0.39 is 30.2 Å².